The number of aromatic amines is 1. The number of hydrogen-bond acceptors (Lipinski definition) is 6. The minimum absolute atomic E-state index is 0.144. The van der Waals surface area contributed by atoms with Crippen LogP contribution in [0.4, 0.5) is 0 Å². The molecule has 27 heavy (non-hydrogen) atoms. The summed E-state index contributed by atoms with van der Waals surface area (Å²) in [4.78, 5) is 26.8. The van der Waals surface area contributed by atoms with Crippen molar-refractivity contribution in [3.8, 4) is 0 Å². The topological polar surface area (TPSA) is 103 Å². The second kappa shape index (κ2) is 7.63. The van der Waals surface area contributed by atoms with Gasteiger partial charge in [0.15, 0.2) is 6.29 Å². The van der Waals surface area contributed by atoms with Crippen LogP contribution in [-0.4, -0.2) is 54.7 Å². The van der Waals surface area contributed by atoms with Crippen LogP contribution in [0.15, 0.2) is 15.8 Å². The van der Waals surface area contributed by atoms with E-state index in [4.69, 9.17) is 14.2 Å². The first-order valence-electron chi connectivity index (χ1n) is 9.21. The maximum atomic E-state index is 12.6. The van der Waals surface area contributed by atoms with Gasteiger partial charge in [0.2, 0.25) is 0 Å². The zero-order valence-electron chi connectivity index (χ0n) is 17.4. The summed E-state index contributed by atoms with van der Waals surface area (Å²) in [6, 6.07) is 0. The summed E-state index contributed by atoms with van der Waals surface area (Å²) < 4.78 is 19.1. The first-order chi connectivity index (χ1) is 12.3. The molecule has 0 saturated carbocycles. The fraction of sp³-hybridized carbons (Fsp3) is 0.778. The van der Waals surface area contributed by atoms with Crippen molar-refractivity contribution in [3.05, 3.63) is 32.6 Å². The van der Waals surface area contributed by atoms with Crippen molar-refractivity contribution in [3.63, 3.8) is 0 Å². The molecule has 0 amide bonds. The van der Waals surface area contributed by atoms with Crippen molar-refractivity contribution in [2.24, 2.45) is 0 Å². The number of aromatic nitrogens is 2. The summed E-state index contributed by atoms with van der Waals surface area (Å²) in [6.07, 6.45) is -0.913. The lowest BCUT2D eigenvalue weighted by atomic mass is 10.0. The Hall–Kier alpha value is -1.26. The Kier molecular flexibility index (Phi) is 6.23. The van der Waals surface area contributed by atoms with Gasteiger partial charge in [-0.2, -0.15) is 0 Å². The highest BCUT2D eigenvalue weighted by molar-refractivity contribution is 6.58. The van der Waals surface area contributed by atoms with Gasteiger partial charge >= 0.3 is 5.69 Å². The number of nitrogens with one attached hydrogen (secondary N) is 1. The molecule has 1 saturated heterocycles. The third-order valence-electron chi connectivity index (χ3n) is 5.00. The molecule has 1 aliphatic heterocycles. The first-order valence-corrected chi connectivity index (χ1v) is 12.2. The fourth-order valence-electron chi connectivity index (χ4n) is 3.95. The smallest absolute Gasteiger partial charge is 0.330 e. The standard InChI is InChI=1S/C18H32N2O6Si/c1-10-9-20(16(23)19-14(10)21)18(5)13(27(7)8)11(25-17(2,3)4)12(26-18)15(22)24-6/h9,11-13,15,22,27H,1-8H3,(H,19,21,23)/t11-,12+,13?,15?,18-/m1/s1. The Morgan fingerprint density at radius 2 is 1.96 bits per heavy atom. The largest absolute Gasteiger partial charge is 0.370 e. The summed E-state index contributed by atoms with van der Waals surface area (Å²) in [5.74, 6) is 0. The Bertz CT molecular complexity index is 783. The average Bonchev–Trinajstić information content (AvgIpc) is 2.81. The maximum Gasteiger partial charge on any atom is 0.330 e. The lowest BCUT2D eigenvalue weighted by Gasteiger charge is -2.37. The molecule has 2 rings (SSSR count). The monoisotopic (exact) mass is 400 g/mol. The van der Waals surface area contributed by atoms with Crippen LogP contribution in [0.5, 0.6) is 0 Å². The molecule has 1 fully saturated rings. The van der Waals surface area contributed by atoms with Crippen LogP contribution in [0, 0.1) is 6.92 Å². The molecule has 2 unspecified atom stereocenters. The van der Waals surface area contributed by atoms with Crippen molar-refractivity contribution in [1.29, 1.82) is 0 Å². The molecule has 0 aliphatic carbocycles. The van der Waals surface area contributed by atoms with Crippen molar-refractivity contribution < 1.29 is 19.3 Å². The zero-order chi connectivity index (χ0) is 20.7. The summed E-state index contributed by atoms with van der Waals surface area (Å²) >= 11 is 0. The van der Waals surface area contributed by atoms with E-state index in [0.29, 0.717) is 5.56 Å². The van der Waals surface area contributed by atoms with Gasteiger partial charge in [-0.25, -0.2) is 4.79 Å². The van der Waals surface area contributed by atoms with E-state index in [1.807, 2.05) is 27.7 Å². The van der Waals surface area contributed by atoms with E-state index in [0.717, 1.165) is 0 Å². The molecule has 154 valence electrons. The minimum Gasteiger partial charge on any atom is -0.370 e. The third kappa shape index (κ3) is 4.27. The molecular weight excluding hydrogens is 368 g/mol. The van der Waals surface area contributed by atoms with Gasteiger partial charge in [0.1, 0.15) is 11.8 Å². The molecule has 5 atom stereocenters. The SMILES string of the molecule is COC(O)[C@H]1O[C@@](C)(n2cc(C)c(=O)[nH]c2=O)C([SiH](C)C)[C@@H]1OC(C)(C)C. The van der Waals surface area contributed by atoms with E-state index in [9.17, 15) is 14.7 Å². The Morgan fingerprint density at radius 3 is 2.44 bits per heavy atom. The van der Waals surface area contributed by atoms with Crippen LogP contribution in [0.3, 0.4) is 0 Å². The lowest BCUT2D eigenvalue weighted by molar-refractivity contribution is -0.216. The van der Waals surface area contributed by atoms with E-state index in [2.05, 4.69) is 18.1 Å². The molecule has 1 aromatic rings. The van der Waals surface area contributed by atoms with Crippen molar-refractivity contribution in [2.75, 3.05) is 7.11 Å². The molecule has 1 aromatic heterocycles. The molecular formula is C18H32N2O6Si. The van der Waals surface area contributed by atoms with Crippen LogP contribution in [0.25, 0.3) is 0 Å². The van der Waals surface area contributed by atoms with Gasteiger partial charge in [-0.3, -0.25) is 14.3 Å². The van der Waals surface area contributed by atoms with Crippen molar-refractivity contribution in [2.45, 2.75) is 83.1 Å². The number of nitrogens with zero attached hydrogens (tertiary/aromatic N) is 1. The van der Waals surface area contributed by atoms with Crippen LogP contribution in [0.1, 0.15) is 33.3 Å². The number of aryl methyl sites for hydroxylation is 1. The van der Waals surface area contributed by atoms with Gasteiger partial charge < -0.3 is 19.3 Å². The number of aliphatic hydroxyl groups excluding tert-OH is 1. The number of methoxy groups -OCH3 is 1. The minimum atomic E-state index is -1.47. The molecule has 8 nitrogen and oxygen atoms in total. The number of rotatable bonds is 5. The van der Waals surface area contributed by atoms with E-state index < -0.39 is 49.9 Å². The van der Waals surface area contributed by atoms with Gasteiger partial charge in [0, 0.05) is 33.2 Å². The van der Waals surface area contributed by atoms with Crippen molar-refractivity contribution in [1.82, 2.24) is 9.55 Å². The second-order valence-electron chi connectivity index (χ2n) is 8.67. The molecule has 1 aliphatic rings. The normalized spacial score (nSPS) is 30.1. The van der Waals surface area contributed by atoms with E-state index >= 15 is 0 Å². The molecule has 0 bridgehead atoms. The summed E-state index contributed by atoms with van der Waals surface area (Å²) in [6.45, 7) is 13.6. The molecule has 0 aromatic carbocycles. The molecule has 0 radical (unpaired) electrons. The van der Waals surface area contributed by atoms with Crippen molar-refractivity contribution >= 4 is 8.80 Å². The summed E-state index contributed by atoms with van der Waals surface area (Å²) in [7, 11) is -0.0741. The highest BCUT2D eigenvalue weighted by atomic mass is 28.3. The maximum absolute atomic E-state index is 12.6. The summed E-state index contributed by atoms with van der Waals surface area (Å²) in [5.41, 5.74) is -2.26. The van der Waals surface area contributed by atoms with Crippen LogP contribution in [-0.2, 0) is 19.9 Å². The summed E-state index contributed by atoms with van der Waals surface area (Å²) in [5, 5.41) is 10.4. The van der Waals surface area contributed by atoms with Crippen LogP contribution >= 0.6 is 0 Å². The third-order valence-corrected chi connectivity index (χ3v) is 7.43. The average molecular weight is 401 g/mol. The Balaban J connectivity index is 2.66. The van der Waals surface area contributed by atoms with Crippen LogP contribution < -0.4 is 11.2 Å². The number of hydrogen-bond donors (Lipinski definition) is 2. The van der Waals surface area contributed by atoms with E-state index in [1.54, 1.807) is 6.92 Å². The fourth-order valence-corrected chi connectivity index (χ4v) is 6.48. The number of H-pyrrole nitrogens is 1. The van der Waals surface area contributed by atoms with E-state index in [1.165, 1.54) is 17.9 Å². The predicted molar refractivity (Wildman–Crippen MR) is 105 cm³/mol. The van der Waals surface area contributed by atoms with Gasteiger partial charge in [-0.05, 0) is 34.6 Å². The Labute approximate surface area is 161 Å². The molecule has 2 N–H and O–H groups in total. The highest BCUT2D eigenvalue weighted by Gasteiger charge is 2.58. The van der Waals surface area contributed by atoms with Gasteiger partial charge in [-0.15, -0.1) is 0 Å². The van der Waals surface area contributed by atoms with E-state index in [-0.39, 0.29) is 5.54 Å². The van der Waals surface area contributed by atoms with Gasteiger partial charge in [0.25, 0.3) is 5.56 Å². The first kappa shape index (κ1) is 22.0. The van der Waals surface area contributed by atoms with Gasteiger partial charge in [-0.1, -0.05) is 13.1 Å². The van der Waals surface area contributed by atoms with Gasteiger partial charge in [0.05, 0.1) is 11.7 Å². The molecule has 0 spiro atoms. The zero-order valence-corrected chi connectivity index (χ0v) is 18.6. The second-order valence-corrected chi connectivity index (χ2v) is 11.9. The number of aliphatic hydroxyl groups is 1. The highest BCUT2D eigenvalue weighted by Crippen LogP contribution is 2.49. The quantitative estimate of drug-likeness (QED) is 0.563. The van der Waals surface area contributed by atoms with Crippen LogP contribution in [0.2, 0.25) is 18.6 Å². The molecule has 9 heteroatoms. The lowest BCUT2D eigenvalue weighted by Crippen LogP contribution is -2.48. The predicted octanol–water partition coefficient (Wildman–Crippen LogP) is 0.922. The Morgan fingerprint density at radius 1 is 1.37 bits per heavy atom. The number of ether oxygens (including phenoxy) is 3. The molecule has 2 heterocycles.